The second-order valence-electron chi connectivity index (χ2n) is 5.76. The summed E-state index contributed by atoms with van der Waals surface area (Å²) in [6.07, 6.45) is 2.75. The molecule has 5 heteroatoms. The smallest absolute Gasteiger partial charge is 0.129 e. The largest absolute Gasteiger partial charge is 0.354 e. The van der Waals surface area contributed by atoms with Gasteiger partial charge in [-0.15, -0.1) is 12.4 Å². The zero-order valence-electron chi connectivity index (χ0n) is 11.8. The van der Waals surface area contributed by atoms with Gasteiger partial charge in [-0.05, 0) is 43.2 Å². The molecule has 1 aromatic heterocycles. The lowest BCUT2D eigenvalue weighted by atomic mass is 10.2. The van der Waals surface area contributed by atoms with E-state index in [2.05, 4.69) is 14.8 Å². The molecule has 1 aliphatic carbocycles. The zero-order valence-corrected chi connectivity index (χ0v) is 12.7. The summed E-state index contributed by atoms with van der Waals surface area (Å²) in [5.41, 5.74) is 0.869. The van der Waals surface area contributed by atoms with Crippen molar-refractivity contribution in [2.75, 3.05) is 31.1 Å². The molecule has 0 amide bonds. The van der Waals surface area contributed by atoms with Crippen LogP contribution in [0.15, 0.2) is 30.3 Å². The monoisotopic (exact) mass is 307 g/mol. The molecule has 112 valence electrons. The van der Waals surface area contributed by atoms with Gasteiger partial charge in [0.25, 0.3) is 0 Å². The minimum atomic E-state index is -0.204. The quantitative estimate of drug-likeness (QED) is 0.850. The van der Waals surface area contributed by atoms with E-state index >= 15 is 0 Å². The second-order valence-corrected chi connectivity index (χ2v) is 5.76. The third-order valence-electron chi connectivity index (χ3n) is 4.34. The van der Waals surface area contributed by atoms with Crippen LogP contribution in [-0.4, -0.2) is 42.1 Å². The number of nitrogens with zero attached hydrogens (tertiary/aromatic N) is 3. The molecule has 2 heterocycles. The fourth-order valence-electron chi connectivity index (χ4n) is 3.02. The predicted octanol–water partition coefficient (Wildman–Crippen LogP) is 3.08. The lowest BCUT2D eigenvalue weighted by Crippen LogP contribution is -2.47. The van der Waals surface area contributed by atoms with E-state index in [1.54, 1.807) is 6.07 Å². The molecule has 2 aliphatic rings. The van der Waals surface area contributed by atoms with E-state index in [0.717, 1.165) is 48.9 Å². The number of hydrogen-bond acceptors (Lipinski definition) is 3. The van der Waals surface area contributed by atoms with Crippen LogP contribution in [0.3, 0.4) is 0 Å². The number of piperazine rings is 1. The number of anilines is 1. The maximum absolute atomic E-state index is 13.2. The van der Waals surface area contributed by atoms with Crippen LogP contribution in [0.4, 0.5) is 10.2 Å². The molecule has 0 spiro atoms. The molecule has 1 saturated carbocycles. The Hall–Kier alpha value is -1.39. The Kier molecular flexibility index (Phi) is 4.00. The molecule has 1 aliphatic heterocycles. The third-order valence-corrected chi connectivity index (χ3v) is 4.34. The van der Waals surface area contributed by atoms with E-state index in [1.165, 1.54) is 25.0 Å². The summed E-state index contributed by atoms with van der Waals surface area (Å²) in [5.74, 6) is 0.810. The summed E-state index contributed by atoms with van der Waals surface area (Å²) in [6, 6.07) is 9.60. The van der Waals surface area contributed by atoms with E-state index in [0.29, 0.717) is 0 Å². The average Bonchev–Trinajstić information content (AvgIpc) is 3.32. The lowest BCUT2D eigenvalue weighted by Gasteiger charge is -2.35. The Morgan fingerprint density at radius 2 is 1.76 bits per heavy atom. The molecule has 0 unspecified atom stereocenters. The van der Waals surface area contributed by atoms with E-state index in [1.807, 2.05) is 12.1 Å². The SMILES string of the molecule is Cl.Fc1ccc2nc(N3CCN(C4CC4)CC3)ccc2c1. The third kappa shape index (κ3) is 2.97. The van der Waals surface area contributed by atoms with Gasteiger partial charge in [-0.1, -0.05) is 0 Å². The molecule has 0 N–H and O–H groups in total. The molecule has 0 atom stereocenters. The summed E-state index contributed by atoms with van der Waals surface area (Å²) >= 11 is 0. The predicted molar refractivity (Wildman–Crippen MR) is 85.8 cm³/mol. The van der Waals surface area contributed by atoms with Gasteiger partial charge in [0.2, 0.25) is 0 Å². The molecule has 0 radical (unpaired) electrons. The topological polar surface area (TPSA) is 19.4 Å². The molecular formula is C16H19ClFN3. The molecule has 0 bridgehead atoms. The second kappa shape index (κ2) is 5.78. The Morgan fingerprint density at radius 1 is 1.00 bits per heavy atom. The Bertz CT molecular complexity index is 636. The first-order chi connectivity index (χ1) is 9.79. The number of halogens is 2. The van der Waals surface area contributed by atoms with Crippen molar-refractivity contribution in [3.8, 4) is 0 Å². The Morgan fingerprint density at radius 3 is 2.48 bits per heavy atom. The fourth-order valence-corrected chi connectivity index (χ4v) is 3.02. The van der Waals surface area contributed by atoms with Gasteiger partial charge in [-0.2, -0.15) is 0 Å². The lowest BCUT2D eigenvalue weighted by molar-refractivity contribution is 0.247. The van der Waals surface area contributed by atoms with Crippen molar-refractivity contribution in [2.45, 2.75) is 18.9 Å². The maximum Gasteiger partial charge on any atom is 0.129 e. The number of hydrogen-bond donors (Lipinski definition) is 0. The van der Waals surface area contributed by atoms with E-state index in [4.69, 9.17) is 0 Å². The summed E-state index contributed by atoms with van der Waals surface area (Å²) in [6.45, 7) is 4.34. The van der Waals surface area contributed by atoms with Crippen molar-refractivity contribution in [1.82, 2.24) is 9.88 Å². The van der Waals surface area contributed by atoms with Gasteiger partial charge < -0.3 is 4.90 Å². The van der Waals surface area contributed by atoms with Crippen LogP contribution in [0, 0.1) is 5.82 Å². The van der Waals surface area contributed by atoms with Crippen LogP contribution in [0.25, 0.3) is 10.9 Å². The highest BCUT2D eigenvalue weighted by Crippen LogP contribution is 2.28. The van der Waals surface area contributed by atoms with Crippen LogP contribution in [-0.2, 0) is 0 Å². The van der Waals surface area contributed by atoms with Crippen LogP contribution < -0.4 is 4.90 Å². The fraction of sp³-hybridized carbons (Fsp3) is 0.438. The van der Waals surface area contributed by atoms with Gasteiger partial charge in [-0.3, -0.25) is 4.90 Å². The first-order valence-corrected chi connectivity index (χ1v) is 7.35. The molecule has 3 nitrogen and oxygen atoms in total. The highest BCUT2D eigenvalue weighted by molar-refractivity contribution is 5.85. The zero-order chi connectivity index (χ0) is 13.5. The minimum absolute atomic E-state index is 0. The van der Waals surface area contributed by atoms with Gasteiger partial charge in [0.05, 0.1) is 5.52 Å². The highest BCUT2D eigenvalue weighted by atomic mass is 35.5. The van der Waals surface area contributed by atoms with Crippen molar-refractivity contribution in [3.63, 3.8) is 0 Å². The molecule has 2 aromatic rings. The van der Waals surface area contributed by atoms with Crippen molar-refractivity contribution in [1.29, 1.82) is 0 Å². The summed E-state index contributed by atoms with van der Waals surface area (Å²) in [7, 11) is 0. The molecule has 4 rings (SSSR count). The van der Waals surface area contributed by atoms with Gasteiger partial charge in [0.15, 0.2) is 0 Å². The number of pyridine rings is 1. The van der Waals surface area contributed by atoms with Crippen LogP contribution in [0.2, 0.25) is 0 Å². The van der Waals surface area contributed by atoms with Gasteiger partial charge in [-0.25, -0.2) is 9.37 Å². The molecule has 1 saturated heterocycles. The molecular weight excluding hydrogens is 289 g/mol. The van der Waals surface area contributed by atoms with E-state index in [-0.39, 0.29) is 18.2 Å². The summed E-state index contributed by atoms with van der Waals surface area (Å²) in [5, 5.41) is 0.866. The van der Waals surface area contributed by atoms with Crippen LogP contribution in [0.1, 0.15) is 12.8 Å². The summed E-state index contributed by atoms with van der Waals surface area (Å²) < 4.78 is 13.2. The molecule has 1 aromatic carbocycles. The van der Waals surface area contributed by atoms with E-state index in [9.17, 15) is 4.39 Å². The van der Waals surface area contributed by atoms with Crippen molar-refractivity contribution < 1.29 is 4.39 Å². The van der Waals surface area contributed by atoms with Crippen molar-refractivity contribution in [3.05, 3.63) is 36.1 Å². The first-order valence-electron chi connectivity index (χ1n) is 7.35. The first kappa shape index (κ1) is 14.5. The highest BCUT2D eigenvalue weighted by Gasteiger charge is 2.31. The Balaban J connectivity index is 0.00000132. The molecule has 21 heavy (non-hydrogen) atoms. The maximum atomic E-state index is 13.2. The molecule has 2 fully saturated rings. The Labute approximate surface area is 130 Å². The van der Waals surface area contributed by atoms with Gasteiger partial charge in [0, 0.05) is 37.6 Å². The van der Waals surface area contributed by atoms with Crippen LogP contribution in [0.5, 0.6) is 0 Å². The number of fused-ring (bicyclic) bond motifs is 1. The van der Waals surface area contributed by atoms with Crippen molar-refractivity contribution >= 4 is 29.1 Å². The number of benzene rings is 1. The van der Waals surface area contributed by atoms with Crippen LogP contribution >= 0.6 is 12.4 Å². The normalized spacial score (nSPS) is 19.6. The van der Waals surface area contributed by atoms with Crippen molar-refractivity contribution in [2.24, 2.45) is 0 Å². The minimum Gasteiger partial charge on any atom is -0.354 e. The summed E-state index contributed by atoms with van der Waals surface area (Å²) in [4.78, 5) is 9.59. The number of rotatable bonds is 2. The van der Waals surface area contributed by atoms with Gasteiger partial charge in [0.1, 0.15) is 11.6 Å². The number of aromatic nitrogens is 1. The average molecular weight is 308 g/mol. The van der Waals surface area contributed by atoms with E-state index < -0.39 is 0 Å². The van der Waals surface area contributed by atoms with Gasteiger partial charge >= 0.3 is 0 Å². The standard InChI is InChI=1S/C16H18FN3.ClH/c17-13-2-5-15-12(11-13)1-6-16(18-15)20-9-7-19(8-10-20)14-3-4-14;/h1-2,5-6,11,14H,3-4,7-10H2;1H.